The number of aliphatic carboxylic acids is 1. The SMILES string of the molecule is Cc1nc(-c2ccccc2)sc1C(=O)NCCCCC(=O)O. The van der Waals surface area contributed by atoms with E-state index in [1.165, 1.54) is 11.3 Å². The zero-order valence-corrected chi connectivity index (χ0v) is 13.2. The Kier molecular flexibility index (Phi) is 5.66. The Hall–Kier alpha value is -2.21. The number of benzene rings is 1. The molecule has 0 fully saturated rings. The Bertz CT molecular complexity index is 653. The van der Waals surface area contributed by atoms with Crippen LogP contribution in [0.5, 0.6) is 0 Å². The number of carboxylic acid groups (broad SMARTS) is 1. The van der Waals surface area contributed by atoms with Crippen molar-refractivity contribution >= 4 is 23.2 Å². The molecule has 0 unspecified atom stereocenters. The Balaban J connectivity index is 1.93. The summed E-state index contributed by atoms with van der Waals surface area (Å²) >= 11 is 1.37. The van der Waals surface area contributed by atoms with Crippen LogP contribution in [0.25, 0.3) is 10.6 Å². The van der Waals surface area contributed by atoms with Crippen molar-refractivity contribution in [2.75, 3.05) is 6.54 Å². The fourth-order valence-corrected chi connectivity index (χ4v) is 2.98. The summed E-state index contributed by atoms with van der Waals surface area (Å²) in [7, 11) is 0. The molecule has 0 aliphatic carbocycles. The lowest BCUT2D eigenvalue weighted by Crippen LogP contribution is -2.24. The van der Waals surface area contributed by atoms with E-state index in [-0.39, 0.29) is 12.3 Å². The van der Waals surface area contributed by atoms with Crippen LogP contribution in [0.4, 0.5) is 0 Å². The highest BCUT2D eigenvalue weighted by Crippen LogP contribution is 2.27. The average molecular weight is 318 g/mol. The smallest absolute Gasteiger partial charge is 0.303 e. The van der Waals surface area contributed by atoms with E-state index in [1.807, 2.05) is 37.3 Å². The number of unbranched alkanes of at least 4 members (excludes halogenated alkanes) is 1. The molecular formula is C16H18N2O3S. The number of hydrogen-bond donors (Lipinski definition) is 2. The molecule has 1 aromatic carbocycles. The van der Waals surface area contributed by atoms with Crippen LogP contribution in [0.15, 0.2) is 30.3 Å². The predicted octanol–water partition coefficient (Wildman–Crippen LogP) is 3.10. The van der Waals surface area contributed by atoms with Gasteiger partial charge in [-0.15, -0.1) is 11.3 Å². The summed E-state index contributed by atoms with van der Waals surface area (Å²) in [6.45, 7) is 2.30. The topological polar surface area (TPSA) is 79.3 Å². The van der Waals surface area contributed by atoms with Gasteiger partial charge in [-0.05, 0) is 19.8 Å². The van der Waals surface area contributed by atoms with Crippen LogP contribution in [0.3, 0.4) is 0 Å². The third-order valence-corrected chi connectivity index (χ3v) is 4.33. The number of nitrogens with one attached hydrogen (secondary N) is 1. The molecule has 0 spiro atoms. The molecule has 22 heavy (non-hydrogen) atoms. The maximum atomic E-state index is 12.2. The first-order chi connectivity index (χ1) is 10.6. The Morgan fingerprint density at radius 2 is 1.95 bits per heavy atom. The Morgan fingerprint density at radius 3 is 2.64 bits per heavy atom. The summed E-state index contributed by atoms with van der Waals surface area (Å²) in [6.07, 6.45) is 1.35. The second kappa shape index (κ2) is 7.70. The van der Waals surface area contributed by atoms with Gasteiger partial charge in [0.25, 0.3) is 5.91 Å². The van der Waals surface area contributed by atoms with Crippen molar-refractivity contribution in [2.45, 2.75) is 26.2 Å². The molecule has 1 aromatic heterocycles. The van der Waals surface area contributed by atoms with Crippen molar-refractivity contribution in [1.82, 2.24) is 10.3 Å². The first-order valence-electron chi connectivity index (χ1n) is 7.11. The minimum atomic E-state index is -0.808. The van der Waals surface area contributed by atoms with Gasteiger partial charge in [0.05, 0.1) is 5.69 Å². The molecule has 0 saturated heterocycles. The van der Waals surface area contributed by atoms with Crippen LogP contribution in [-0.4, -0.2) is 28.5 Å². The number of carbonyl (C=O) groups excluding carboxylic acids is 1. The van der Waals surface area contributed by atoms with Gasteiger partial charge in [0.1, 0.15) is 9.88 Å². The predicted molar refractivity (Wildman–Crippen MR) is 86.1 cm³/mol. The number of thiazole rings is 1. The summed E-state index contributed by atoms with van der Waals surface area (Å²) in [5.41, 5.74) is 1.71. The van der Waals surface area contributed by atoms with Gasteiger partial charge in [-0.3, -0.25) is 9.59 Å². The lowest BCUT2D eigenvalue weighted by Gasteiger charge is -2.02. The number of carbonyl (C=O) groups is 2. The first-order valence-corrected chi connectivity index (χ1v) is 7.92. The summed E-state index contributed by atoms with van der Waals surface area (Å²) in [5, 5.41) is 12.2. The zero-order valence-electron chi connectivity index (χ0n) is 12.3. The molecule has 0 aliphatic heterocycles. The lowest BCUT2D eigenvalue weighted by atomic mass is 10.2. The van der Waals surface area contributed by atoms with E-state index >= 15 is 0 Å². The number of aromatic nitrogens is 1. The Labute approximate surface area is 133 Å². The van der Waals surface area contributed by atoms with Gasteiger partial charge < -0.3 is 10.4 Å². The van der Waals surface area contributed by atoms with Crippen LogP contribution in [0.2, 0.25) is 0 Å². The monoisotopic (exact) mass is 318 g/mol. The van der Waals surface area contributed by atoms with Gasteiger partial charge >= 0.3 is 5.97 Å². The summed E-state index contributed by atoms with van der Waals surface area (Å²) in [4.78, 5) is 27.6. The highest BCUT2D eigenvalue weighted by atomic mass is 32.1. The van der Waals surface area contributed by atoms with E-state index in [1.54, 1.807) is 0 Å². The highest BCUT2D eigenvalue weighted by molar-refractivity contribution is 7.17. The van der Waals surface area contributed by atoms with Gasteiger partial charge in [0.2, 0.25) is 0 Å². The zero-order chi connectivity index (χ0) is 15.9. The van der Waals surface area contributed by atoms with Crippen LogP contribution in [0, 0.1) is 6.92 Å². The first kappa shape index (κ1) is 16.2. The molecule has 2 N–H and O–H groups in total. The van der Waals surface area contributed by atoms with Crippen molar-refractivity contribution in [3.63, 3.8) is 0 Å². The molecule has 0 bridgehead atoms. The van der Waals surface area contributed by atoms with Gasteiger partial charge in [-0.25, -0.2) is 4.98 Å². The minimum Gasteiger partial charge on any atom is -0.481 e. The van der Waals surface area contributed by atoms with Crippen molar-refractivity contribution < 1.29 is 14.7 Å². The van der Waals surface area contributed by atoms with Gasteiger partial charge in [0.15, 0.2) is 0 Å². The summed E-state index contributed by atoms with van der Waals surface area (Å²) in [5.74, 6) is -0.954. The number of rotatable bonds is 7. The molecule has 0 radical (unpaired) electrons. The molecule has 2 aromatic rings. The fraction of sp³-hybridized carbons (Fsp3) is 0.312. The molecule has 1 heterocycles. The van der Waals surface area contributed by atoms with E-state index in [9.17, 15) is 9.59 Å². The van der Waals surface area contributed by atoms with Crippen LogP contribution in [0.1, 0.15) is 34.6 Å². The molecule has 2 rings (SSSR count). The van der Waals surface area contributed by atoms with Crippen LogP contribution >= 0.6 is 11.3 Å². The van der Waals surface area contributed by atoms with E-state index in [0.717, 1.165) is 10.6 Å². The number of carboxylic acids is 1. The third-order valence-electron chi connectivity index (χ3n) is 3.13. The number of amides is 1. The number of hydrogen-bond acceptors (Lipinski definition) is 4. The third kappa shape index (κ3) is 4.39. The fourth-order valence-electron chi connectivity index (χ4n) is 1.99. The second-order valence-electron chi connectivity index (χ2n) is 4.91. The normalized spacial score (nSPS) is 10.4. The molecule has 0 saturated carbocycles. The maximum absolute atomic E-state index is 12.2. The van der Waals surface area contributed by atoms with E-state index in [0.29, 0.717) is 30.0 Å². The van der Waals surface area contributed by atoms with E-state index in [4.69, 9.17) is 5.11 Å². The molecule has 0 atom stereocenters. The molecule has 116 valence electrons. The number of aryl methyl sites for hydroxylation is 1. The standard InChI is InChI=1S/C16H18N2O3S/c1-11-14(15(21)17-10-6-5-9-13(19)20)22-16(18-11)12-7-3-2-4-8-12/h2-4,7-8H,5-6,9-10H2,1H3,(H,17,21)(H,19,20). The molecule has 1 amide bonds. The minimum absolute atomic E-state index is 0.133. The second-order valence-corrected chi connectivity index (χ2v) is 5.91. The molecule has 0 aliphatic rings. The van der Waals surface area contributed by atoms with Crippen molar-refractivity contribution in [1.29, 1.82) is 0 Å². The largest absolute Gasteiger partial charge is 0.481 e. The van der Waals surface area contributed by atoms with E-state index < -0.39 is 5.97 Å². The average Bonchev–Trinajstić information content (AvgIpc) is 2.89. The van der Waals surface area contributed by atoms with Gasteiger partial charge in [0, 0.05) is 18.5 Å². The summed E-state index contributed by atoms with van der Waals surface area (Å²) < 4.78 is 0. The molecular weight excluding hydrogens is 300 g/mol. The van der Waals surface area contributed by atoms with E-state index in [2.05, 4.69) is 10.3 Å². The highest BCUT2D eigenvalue weighted by Gasteiger charge is 2.15. The lowest BCUT2D eigenvalue weighted by molar-refractivity contribution is -0.137. The Morgan fingerprint density at radius 1 is 1.23 bits per heavy atom. The molecule has 6 heteroatoms. The van der Waals surface area contributed by atoms with Crippen LogP contribution in [-0.2, 0) is 4.79 Å². The van der Waals surface area contributed by atoms with Gasteiger partial charge in [-0.1, -0.05) is 30.3 Å². The summed E-state index contributed by atoms with van der Waals surface area (Å²) in [6, 6.07) is 9.74. The maximum Gasteiger partial charge on any atom is 0.303 e. The quantitative estimate of drug-likeness (QED) is 0.769. The van der Waals surface area contributed by atoms with Crippen LogP contribution < -0.4 is 5.32 Å². The van der Waals surface area contributed by atoms with Crippen molar-refractivity contribution in [3.8, 4) is 10.6 Å². The van der Waals surface area contributed by atoms with Crippen molar-refractivity contribution in [2.24, 2.45) is 0 Å². The van der Waals surface area contributed by atoms with Gasteiger partial charge in [-0.2, -0.15) is 0 Å². The van der Waals surface area contributed by atoms with Crippen molar-refractivity contribution in [3.05, 3.63) is 40.9 Å². The number of nitrogens with zero attached hydrogens (tertiary/aromatic N) is 1. The molecule has 5 nitrogen and oxygen atoms in total.